The van der Waals surface area contributed by atoms with Gasteiger partial charge in [-0.05, 0) is 18.2 Å². The van der Waals surface area contributed by atoms with E-state index in [9.17, 15) is 9.59 Å². The zero-order chi connectivity index (χ0) is 12.7. The number of hydrogen-bond donors (Lipinski definition) is 1. The second kappa shape index (κ2) is 6.32. The van der Waals surface area contributed by atoms with E-state index in [2.05, 4.69) is 16.6 Å². The molecular formula is C12H13NO4. The molecule has 0 unspecified atom stereocenters. The Balaban J connectivity index is 2.68. The summed E-state index contributed by atoms with van der Waals surface area (Å²) in [5.41, 5.74) is 0.816. The minimum atomic E-state index is -0.605. The van der Waals surface area contributed by atoms with Crippen LogP contribution in [-0.2, 0) is 9.47 Å². The van der Waals surface area contributed by atoms with Crippen molar-refractivity contribution in [3.05, 3.63) is 42.5 Å². The molecule has 0 radical (unpaired) electrons. The van der Waals surface area contributed by atoms with E-state index in [1.165, 1.54) is 19.3 Å². The van der Waals surface area contributed by atoms with Crippen molar-refractivity contribution in [3.8, 4) is 0 Å². The summed E-state index contributed by atoms with van der Waals surface area (Å²) in [5, 5.41) is 2.48. The van der Waals surface area contributed by atoms with Crippen molar-refractivity contribution in [1.29, 1.82) is 0 Å². The van der Waals surface area contributed by atoms with E-state index in [4.69, 9.17) is 4.74 Å². The fraction of sp³-hybridized carbons (Fsp3) is 0.167. The lowest BCUT2D eigenvalue weighted by Crippen LogP contribution is -2.14. The number of amides is 1. The molecule has 1 N–H and O–H groups in total. The van der Waals surface area contributed by atoms with Crippen molar-refractivity contribution in [1.82, 2.24) is 0 Å². The molecule has 0 atom stereocenters. The van der Waals surface area contributed by atoms with Crippen LogP contribution in [-0.4, -0.2) is 25.8 Å². The third-order valence-electron chi connectivity index (χ3n) is 1.86. The summed E-state index contributed by atoms with van der Waals surface area (Å²) in [5.74, 6) is -0.465. The van der Waals surface area contributed by atoms with Crippen molar-refractivity contribution in [2.75, 3.05) is 19.0 Å². The molecular weight excluding hydrogens is 222 g/mol. The van der Waals surface area contributed by atoms with Crippen LogP contribution in [0, 0.1) is 0 Å². The average molecular weight is 235 g/mol. The molecule has 5 nitrogen and oxygen atoms in total. The molecule has 90 valence electrons. The maximum atomic E-state index is 11.2. The molecule has 0 saturated carbocycles. The van der Waals surface area contributed by atoms with Gasteiger partial charge in [0, 0.05) is 5.69 Å². The van der Waals surface area contributed by atoms with Gasteiger partial charge in [0.25, 0.3) is 0 Å². The minimum absolute atomic E-state index is 0.128. The van der Waals surface area contributed by atoms with Gasteiger partial charge < -0.3 is 9.47 Å². The highest BCUT2D eigenvalue weighted by Gasteiger charge is 2.07. The molecule has 0 aliphatic heterocycles. The minimum Gasteiger partial charge on any atom is -0.465 e. The smallest absolute Gasteiger partial charge is 0.411 e. The highest BCUT2D eigenvalue weighted by Crippen LogP contribution is 2.11. The molecule has 0 bridgehead atoms. The maximum Gasteiger partial charge on any atom is 0.411 e. The van der Waals surface area contributed by atoms with Crippen LogP contribution in [0.4, 0.5) is 10.5 Å². The van der Waals surface area contributed by atoms with Crippen LogP contribution in [0.5, 0.6) is 0 Å². The maximum absolute atomic E-state index is 11.2. The Morgan fingerprint density at radius 2 is 2.24 bits per heavy atom. The first-order valence-electron chi connectivity index (χ1n) is 4.90. The van der Waals surface area contributed by atoms with Gasteiger partial charge in [0.1, 0.15) is 6.61 Å². The summed E-state index contributed by atoms with van der Waals surface area (Å²) in [6, 6.07) is 6.37. The normalized spacial score (nSPS) is 9.24. The number of ether oxygens (including phenoxy) is 2. The lowest BCUT2D eigenvalue weighted by atomic mass is 10.2. The van der Waals surface area contributed by atoms with E-state index in [0.29, 0.717) is 11.3 Å². The third kappa shape index (κ3) is 3.98. The van der Waals surface area contributed by atoms with E-state index in [1.54, 1.807) is 18.2 Å². The van der Waals surface area contributed by atoms with Gasteiger partial charge >= 0.3 is 12.1 Å². The molecule has 0 spiro atoms. The number of nitrogens with one attached hydrogen (secondary N) is 1. The van der Waals surface area contributed by atoms with Gasteiger partial charge in [-0.3, -0.25) is 5.32 Å². The molecule has 0 heterocycles. The van der Waals surface area contributed by atoms with Gasteiger partial charge in [0.2, 0.25) is 0 Å². The predicted molar refractivity (Wildman–Crippen MR) is 62.9 cm³/mol. The molecule has 5 heteroatoms. The summed E-state index contributed by atoms with van der Waals surface area (Å²) in [6.07, 6.45) is 0.858. The second-order valence-corrected chi connectivity index (χ2v) is 3.08. The van der Waals surface area contributed by atoms with Gasteiger partial charge in [-0.15, -0.1) is 0 Å². The van der Waals surface area contributed by atoms with Crippen molar-refractivity contribution in [3.63, 3.8) is 0 Å². The molecule has 17 heavy (non-hydrogen) atoms. The Labute approximate surface area is 99.0 Å². The largest absolute Gasteiger partial charge is 0.465 e. The molecule has 0 aliphatic rings. The first kappa shape index (κ1) is 12.8. The number of esters is 1. The number of anilines is 1. The number of rotatable bonds is 4. The van der Waals surface area contributed by atoms with Gasteiger partial charge in [-0.1, -0.05) is 18.7 Å². The zero-order valence-corrected chi connectivity index (χ0v) is 9.43. The molecule has 0 saturated heterocycles. The van der Waals surface area contributed by atoms with Crippen LogP contribution < -0.4 is 5.32 Å². The highest BCUT2D eigenvalue weighted by atomic mass is 16.5. The van der Waals surface area contributed by atoms with E-state index >= 15 is 0 Å². The summed E-state index contributed by atoms with van der Waals surface area (Å²) in [4.78, 5) is 22.5. The number of carbonyl (C=O) groups excluding carboxylic acids is 2. The third-order valence-corrected chi connectivity index (χ3v) is 1.86. The number of methoxy groups -OCH3 is 1. The Hall–Kier alpha value is -2.30. The first-order valence-corrected chi connectivity index (χ1v) is 4.90. The number of carbonyl (C=O) groups is 2. The fourth-order valence-corrected chi connectivity index (χ4v) is 1.13. The standard InChI is InChI=1S/C12H13NO4/c1-3-7-17-12(15)13-10-6-4-5-9(8-10)11(14)16-2/h3-6,8H,1,7H2,2H3,(H,13,15). The zero-order valence-electron chi connectivity index (χ0n) is 9.43. The van der Waals surface area contributed by atoms with Gasteiger partial charge in [0.15, 0.2) is 0 Å². The van der Waals surface area contributed by atoms with E-state index in [1.807, 2.05) is 0 Å². The van der Waals surface area contributed by atoms with Crippen LogP contribution in [0.2, 0.25) is 0 Å². The summed E-state index contributed by atoms with van der Waals surface area (Å²) in [6.45, 7) is 3.55. The van der Waals surface area contributed by atoms with Crippen molar-refractivity contribution in [2.45, 2.75) is 0 Å². The fourth-order valence-electron chi connectivity index (χ4n) is 1.13. The Kier molecular flexibility index (Phi) is 4.75. The monoisotopic (exact) mass is 235 g/mol. The number of benzene rings is 1. The van der Waals surface area contributed by atoms with Crippen LogP contribution >= 0.6 is 0 Å². The Morgan fingerprint density at radius 1 is 1.47 bits per heavy atom. The van der Waals surface area contributed by atoms with Crippen LogP contribution in [0.1, 0.15) is 10.4 Å². The summed E-state index contributed by atoms with van der Waals surface area (Å²) < 4.78 is 9.30. The quantitative estimate of drug-likeness (QED) is 0.642. The van der Waals surface area contributed by atoms with Crippen molar-refractivity contribution in [2.24, 2.45) is 0 Å². The molecule has 0 aromatic heterocycles. The van der Waals surface area contributed by atoms with E-state index in [0.717, 1.165) is 0 Å². The van der Waals surface area contributed by atoms with Crippen LogP contribution in [0.25, 0.3) is 0 Å². The molecule has 1 aromatic rings. The van der Waals surface area contributed by atoms with Crippen molar-refractivity contribution >= 4 is 17.7 Å². The molecule has 1 rings (SSSR count). The van der Waals surface area contributed by atoms with Crippen LogP contribution in [0.3, 0.4) is 0 Å². The lowest BCUT2D eigenvalue weighted by molar-refractivity contribution is 0.0600. The molecule has 0 aliphatic carbocycles. The molecule has 0 fully saturated rings. The predicted octanol–water partition coefficient (Wildman–Crippen LogP) is 2.21. The van der Waals surface area contributed by atoms with Crippen molar-refractivity contribution < 1.29 is 19.1 Å². The highest BCUT2D eigenvalue weighted by molar-refractivity contribution is 5.92. The van der Waals surface area contributed by atoms with Gasteiger partial charge in [-0.2, -0.15) is 0 Å². The SMILES string of the molecule is C=CCOC(=O)Nc1cccc(C(=O)OC)c1. The topological polar surface area (TPSA) is 64.6 Å². The number of hydrogen-bond acceptors (Lipinski definition) is 4. The Morgan fingerprint density at radius 3 is 2.88 bits per heavy atom. The first-order chi connectivity index (χ1) is 8.17. The van der Waals surface area contributed by atoms with E-state index < -0.39 is 12.1 Å². The summed E-state index contributed by atoms with van der Waals surface area (Å²) in [7, 11) is 1.29. The van der Waals surface area contributed by atoms with Gasteiger partial charge in [0.05, 0.1) is 12.7 Å². The Bertz CT molecular complexity index is 428. The van der Waals surface area contributed by atoms with Gasteiger partial charge in [-0.25, -0.2) is 9.59 Å². The molecule has 1 amide bonds. The summed E-state index contributed by atoms with van der Waals surface area (Å²) >= 11 is 0. The van der Waals surface area contributed by atoms with Crippen LogP contribution in [0.15, 0.2) is 36.9 Å². The average Bonchev–Trinajstić information content (AvgIpc) is 2.35. The van der Waals surface area contributed by atoms with E-state index in [-0.39, 0.29) is 6.61 Å². The molecule has 1 aromatic carbocycles. The lowest BCUT2D eigenvalue weighted by Gasteiger charge is -2.06. The second-order valence-electron chi connectivity index (χ2n) is 3.08.